The maximum atomic E-state index is 11.7. The first-order valence-electron chi connectivity index (χ1n) is 8.62. The number of esters is 1. The third-order valence-corrected chi connectivity index (χ3v) is 4.49. The van der Waals surface area contributed by atoms with Gasteiger partial charge in [0.15, 0.2) is 0 Å². The van der Waals surface area contributed by atoms with Crippen molar-refractivity contribution in [3.63, 3.8) is 0 Å². The molecule has 0 amide bonds. The predicted octanol–water partition coefficient (Wildman–Crippen LogP) is 5.10. The molecule has 1 heterocycles. The Kier molecular flexibility index (Phi) is 4.81. The van der Waals surface area contributed by atoms with Crippen LogP contribution >= 0.6 is 0 Å². The van der Waals surface area contributed by atoms with Crippen molar-refractivity contribution in [2.45, 2.75) is 26.4 Å². The molecule has 1 aliphatic heterocycles. The monoisotopic (exact) mass is 345 g/mol. The first kappa shape index (κ1) is 17.7. The zero-order valence-electron chi connectivity index (χ0n) is 15.3. The lowest BCUT2D eigenvalue weighted by Crippen LogP contribution is -2.22. The molecule has 0 aromatic heterocycles. The van der Waals surface area contributed by atoms with Crippen LogP contribution in [0.4, 0.5) is 5.69 Å². The molecule has 0 saturated heterocycles. The summed E-state index contributed by atoms with van der Waals surface area (Å²) in [6, 6.07) is 16.0. The van der Waals surface area contributed by atoms with Crippen LogP contribution in [0.1, 0.15) is 37.5 Å². The van der Waals surface area contributed by atoms with Crippen LogP contribution in [0.15, 0.2) is 65.8 Å². The minimum absolute atomic E-state index is 0.238. The molecule has 0 fully saturated rings. The van der Waals surface area contributed by atoms with Gasteiger partial charge in [-0.15, -0.1) is 0 Å². The molecule has 3 nitrogen and oxygen atoms in total. The van der Waals surface area contributed by atoms with E-state index >= 15 is 0 Å². The lowest BCUT2D eigenvalue weighted by Gasteiger charge is -2.19. The summed E-state index contributed by atoms with van der Waals surface area (Å²) >= 11 is 0. The van der Waals surface area contributed by atoms with Crippen molar-refractivity contribution in [2.24, 2.45) is 0 Å². The smallest absolute Gasteiger partial charge is 0.335 e. The second-order valence-corrected chi connectivity index (χ2v) is 6.94. The lowest BCUT2D eigenvalue weighted by atomic mass is 9.95. The van der Waals surface area contributed by atoms with Crippen molar-refractivity contribution in [1.82, 2.24) is 0 Å². The van der Waals surface area contributed by atoms with Gasteiger partial charge in [-0.05, 0) is 49.6 Å². The number of carbonyl (C=O) groups excluding carboxylic acids is 1. The normalized spacial score (nSPS) is 16.7. The Hall–Kier alpha value is -3.07. The average Bonchev–Trinajstić information content (AvgIpc) is 2.81. The Bertz CT molecular complexity index is 898. The molecule has 0 aliphatic carbocycles. The highest BCUT2D eigenvalue weighted by molar-refractivity contribution is 5.93. The highest BCUT2D eigenvalue weighted by Crippen LogP contribution is 2.33. The number of hydrogen-bond acceptors (Lipinski definition) is 3. The molecule has 0 bridgehead atoms. The van der Waals surface area contributed by atoms with Gasteiger partial charge in [-0.3, -0.25) is 0 Å². The van der Waals surface area contributed by atoms with Crippen molar-refractivity contribution in [3.05, 3.63) is 82.4 Å². The lowest BCUT2D eigenvalue weighted by molar-refractivity contribution is -0.144. The minimum atomic E-state index is -0.570. The van der Waals surface area contributed by atoms with Crippen LogP contribution in [0.2, 0.25) is 0 Å². The fourth-order valence-electron chi connectivity index (χ4n) is 2.95. The number of rotatable bonds is 4. The number of nitrogen functional groups attached to an aromatic ring is 1. The molecule has 3 rings (SSSR count). The fraction of sp³-hybridized carbons (Fsp3) is 0.174. The van der Waals surface area contributed by atoms with Crippen molar-refractivity contribution >= 4 is 29.9 Å². The molecular formula is C23H23NO2. The molecule has 3 heteroatoms. The first-order valence-corrected chi connectivity index (χ1v) is 8.62. The molecule has 2 N–H and O–H groups in total. The molecule has 26 heavy (non-hydrogen) atoms. The molecular weight excluding hydrogens is 322 g/mol. The Morgan fingerprint density at radius 1 is 0.808 bits per heavy atom. The van der Waals surface area contributed by atoms with E-state index in [0.717, 1.165) is 28.0 Å². The van der Waals surface area contributed by atoms with Gasteiger partial charge in [0, 0.05) is 16.8 Å². The third kappa shape index (κ3) is 3.94. The van der Waals surface area contributed by atoms with Gasteiger partial charge < -0.3 is 10.5 Å². The van der Waals surface area contributed by atoms with E-state index in [1.54, 1.807) is 0 Å². The molecule has 0 saturated carbocycles. The predicted molar refractivity (Wildman–Crippen MR) is 108 cm³/mol. The average molecular weight is 345 g/mol. The van der Waals surface area contributed by atoms with E-state index in [0.29, 0.717) is 5.57 Å². The van der Waals surface area contributed by atoms with Gasteiger partial charge in [-0.1, -0.05) is 60.7 Å². The van der Waals surface area contributed by atoms with Crippen LogP contribution in [0.5, 0.6) is 0 Å². The van der Waals surface area contributed by atoms with Crippen LogP contribution < -0.4 is 5.73 Å². The number of benzene rings is 2. The Labute approximate surface area is 154 Å². The maximum absolute atomic E-state index is 11.7. The summed E-state index contributed by atoms with van der Waals surface area (Å²) in [6.45, 7) is 5.63. The van der Waals surface area contributed by atoms with E-state index in [9.17, 15) is 4.79 Å². The second kappa shape index (κ2) is 7.04. The number of nitrogens with two attached hydrogens (primary N) is 1. The number of ether oxygens (including phenoxy) is 1. The van der Waals surface area contributed by atoms with E-state index in [4.69, 9.17) is 10.5 Å². The highest BCUT2D eigenvalue weighted by Gasteiger charge is 2.36. The van der Waals surface area contributed by atoms with Crippen LogP contribution in [0.25, 0.3) is 18.2 Å². The van der Waals surface area contributed by atoms with Crippen molar-refractivity contribution in [3.8, 4) is 0 Å². The number of carbonyl (C=O) groups is 1. The SMILES string of the molecule is CC1=C(C=Cc2ccc(C=Cc3ccc(N)cc3)cc2)C(C)(C)OC1=O. The van der Waals surface area contributed by atoms with Crippen LogP contribution in [-0.4, -0.2) is 11.6 Å². The zero-order chi connectivity index (χ0) is 18.7. The van der Waals surface area contributed by atoms with Gasteiger partial charge in [0.05, 0.1) is 0 Å². The summed E-state index contributed by atoms with van der Waals surface area (Å²) in [6.07, 6.45) is 8.11. The zero-order valence-corrected chi connectivity index (χ0v) is 15.3. The standard InChI is InChI=1S/C23H23NO2/c1-16-21(23(2,3)26-22(16)25)15-12-18-7-4-17(5-8-18)6-9-19-10-13-20(24)14-11-19/h4-15H,24H2,1-3H3. The summed E-state index contributed by atoms with van der Waals surface area (Å²) < 4.78 is 5.38. The van der Waals surface area contributed by atoms with Gasteiger partial charge in [-0.25, -0.2) is 4.79 Å². The third-order valence-electron chi connectivity index (χ3n) is 4.49. The highest BCUT2D eigenvalue weighted by atomic mass is 16.6. The molecule has 132 valence electrons. The molecule has 0 radical (unpaired) electrons. The van der Waals surface area contributed by atoms with Crippen molar-refractivity contribution in [2.75, 3.05) is 5.73 Å². The number of cyclic esters (lactones) is 1. The molecule has 1 aliphatic rings. The van der Waals surface area contributed by atoms with E-state index in [2.05, 4.69) is 36.4 Å². The summed E-state index contributed by atoms with van der Waals surface area (Å²) in [7, 11) is 0. The van der Waals surface area contributed by atoms with E-state index in [1.165, 1.54) is 0 Å². The van der Waals surface area contributed by atoms with Gasteiger partial charge in [0.2, 0.25) is 0 Å². The van der Waals surface area contributed by atoms with Crippen LogP contribution in [-0.2, 0) is 9.53 Å². The van der Waals surface area contributed by atoms with E-state index in [-0.39, 0.29) is 5.97 Å². The van der Waals surface area contributed by atoms with E-state index < -0.39 is 5.60 Å². The van der Waals surface area contributed by atoms with Gasteiger partial charge in [0.25, 0.3) is 0 Å². The Morgan fingerprint density at radius 2 is 1.23 bits per heavy atom. The quantitative estimate of drug-likeness (QED) is 0.476. The topological polar surface area (TPSA) is 52.3 Å². The Morgan fingerprint density at radius 3 is 1.65 bits per heavy atom. The van der Waals surface area contributed by atoms with Crippen LogP contribution in [0, 0.1) is 0 Å². The largest absolute Gasteiger partial charge is 0.451 e. The fourth-order valence-corrected chi connectivity index (χ4v) is 2.95. The second-order valence-electron chi connectivity index (χ2n) is 6.94. The Balaban J connectivity index is 1.72. The molecule has 2 aromatic rings. The van der Waals surface area contributed by atoms with E-state index in [1.807, 2.05) is 57.2 Å². The molecule has 0 atom stereocenters. The van der Waals surface area contributed by atoms with Gasteiger partial charge in [0.1, 0.15) is 5.60 Å². The maximum Gasteiger partial charge on any atom is 0.335 e. The number of anilines is 1. The van der Waals surface area contributed by atoms with Crippen molar-refractivity contribution in [1.29, 1.82) is 0 Å². The molecule has 0 spiro atoms. The summed E-state index contributed by atoms with van der Waals surface area (Å²) in [4.78, 5) is 11.7. The molecule has 2 aromatic carbocycles. The summed E-state index contributed by atoms with van der Waals surface area (Å²) in [5, 5.41) is 0. The van der Waals surface area contributed by atoms with Gasteiger partial charge >= 0.3 is 5.97 Å². The summed E-state index contributed by atoms with van der Waals surface area (Å²) in [5.74, 6) is -0.238. The summed E-state index contributed by atoms with van der Waals surface area (Å²) in [5.41, 5.74) is 10.8. The first-order chi connectivity index (χ1) is 12.3. The molecule has 0 unspecified atom stereocenters. The van der Waals surface area contributed by atoms with Gasteiger partial charge in [-0.2, -0.15) is 0 Å². The van der Waals surface area contributed by atoms with Crippen LogP contribution in [0.3, 0.4) is 0 Å². The minimum Gasteiger partial charge on any atom is -0.451 e. The number of hydrogen-bond donors (Lipinski definition) is 1. The van der Waals surface area contributed by atoms with Crippen molar-refractivity contribution < 1.29 is 9.53 Å².